The van der Waals surface area contributed by atoms with Crippen molar-refractivity contribution < 1.29 is 14.7 Å². The number of H-pyrrole nitrogens is 1. The molecule has 5 saturated carbocycles. The first-order valence-electron chi connectivity index (χ1n) is 20.2. The van der Waals surface area contributed by atoms with E-state index in [2.05, 4.69) is 74.1 Å². The lowest BCUT2D eigenvalue weighted by Gasteiger charge is -2.72. The molecule has 2 amide bonds. The summed E-state index contributed by atoms with van der Waals surface area (Å²) in [5.41, 5.74) is 1.71. The molecular weight excluding hydrogens is 624 g/mol. The van der Waals surface area contributed by atoms with Gasteiger partial charge in [-0.25, -0.2) is 5.10 Å². The van der Waals surface area contributed by atoms with Gasteiger partial charge in [-0.1, -0.05) is 66.0 Å². The van der Waals surface area contributed by atoms with Gasteiger partial charge in [0.05, 0.1) is 17.9 Å². The topological polar surface area (TPSA) is 124 Å². The van der Waals surface area contributed by atoms with Gasteiger partial charge in [-0.2, -0.15) is 0 Å². The molecule has 0 spiro atoms. The van der Waals surface area contributed by atoms with Crippen LogP contribution in [0.5, 0.6) is 0 Å². The molecule has 5 aliphatic rings. The van der Waals surface area contributed by atoms with Gasteiger partial charge in [-0.3, -0.25) is 9.59 Å². The van der Waals surface area contributed by atoms with E-state index in [4.69, 9.17) is 0 Å². The number of fused-ring (bicyclic) bond motifs is 7. The summed E-state index contributed by atoms with van der Waals surface area (Å²) in [7, 11) is 1.84. The summed E-state index contributed by atoms with van der Waals surface area (Å²) < 4.78 is 0. The van der Waals surface area contributed by atoms with Crippen molar-refractivity contribution in [1.29, 1.82) is 0 Å². The van der Waals surface area contributed by atoms with Crippen LogP contribution in [0.1, 0.15) is 144 Å². The van der Waals surface area contributed by atoms with Crippen LogP contribution in [0.3, 0.4) is 0 Å². The fourth-order valence-corrected chi connectivity index (χ4v) is 13.6. The van der Waals surface area contributed by atoms with Gasteiger partial charge in [0, 0.05) is 20.1 Å². The van der Waals surface area contributed by atoms with Crippen molar-refractivity contribution in [1.82, 2.24) is 30.8 Å². The number of hydrogen-bond donors (Lipinski definition) is 3. The number of allylic oxidation sites excluding steroid dienone is 1. The largest absolute Gasteiger partial charge is 0.393 e. The number of tetrazole rings is 1. The number of aromatic amines is 1. The second-order valence-corrected chi connectivity index (χ2v) is 19.1. The Hall–Kier alpha value is -2.29. The highest BCUT2D eigenvalue weighted by Crippen LogP contribution is 2.77. The molecule has 10 atom stereocenters. The first-order valence-corrected chi connectivity index (χ1v) is 20.2. The Morgan fingerprint density at radius 1 is 0.900 bits per heavy atom. The van der Waals surface area contributed by atoms with Crippen molar-refractivity contribution >= 4 is 11.8 Å². The normalized spacial score (nSPS) is 40.2. The minimum Gasteiger partial charge on any atom is -0.393 e. The van der Waals surface area contributed by atoms with Gasteiger partial charge >= 0.3 is 0 Å². The molecule has 0 bridgehead atoms. The third kappa shape index (κ3) is 6.07. The first-order chi connectivity index (χ1) is 23.6. The average molecular weight is 693 g/mol. The summed E-state index contributed by atoms with van der Waals surface area (Å²) in [6.07, 6.45) is 16.5. The van der Waals surface area contributed by atoms with Crippen LogP contribution in [0.4, 0.5) is 0 Å². The zero-order valence-corrected chi connectivity index (χ0v) is 32.5. The lowest BCUT2D eigenvalue weighted by Crippen LogP contribution is -2.67. The summed E-state index contributed by atoms with van der Waals surface area (Å²) >= 11 is 0. The fraction of sp³-hybridized carbons (Fsp3) is 0.878. The van der Waals surface area contributed by atoms with E-state index in [1.807, 2.05) is 7.05 Å². The number of rotatable bonds is 12. The van der Waals surface area contributed by atoms with Crippen molar-refractivity contribution in [2.24, 2.45) is 56.7 Å². The molecule has 50 heavy (non-hydrogen) atoms. The molecule has 5 aliphatic carbocycles. The Morgan fingerprint density at radius 3 is 2.36 bits per heavy atom. The van der Waals surface area contributed by atoms with Crippen LogP contribution in [-0.2, 0) is 16.0 Å². The Kier molecular flexibility index (Phi) is 10.4. The van der Waals surface area contributed by atoms with Gasteiger partial charge in [0.2, 0.25) is 11.8 Å². The quantitative estimate of drug-likeness (QED) is 0.156. The predicted molar refractivity (Wildman–Crippen MR) is 197 cm³/mol. The minimum absolute atomic E-state index is 0.0191. The maximum Gasteiger partial charge on any atom is 0.230 e. The van der Waals surface area contributed by atoms with Gasteiger partial charge in [-0.05, 0) is 146 Å². The molecule has 6 rings (SSSR count). The highest BCUT2D eigenvalue weighted by Gasteiger charge is 2.71. The van der Waals surface area contributed by atoms with Gasteiger partial charge in [0.25, 0.3) is 0 Å². The van der Waals surface area contributed by atoms with Crippen LogP contribution in [-0.4, -0.2) is 68.7 Å². The van der Waals surface area contributed by atoms with E-state index < -0.39 is 0 Å². The van der Waals surface area contributed by atoms with Crippen molar-refractivity contribution in [2.45, 2.75) is 150 Å². The summed E-state index contributed by atoms with van der Waals surface area (Å²) in [6, 6.07) is 0. The number of aliphatic hydroxyl groups is 1. The van der Waals surface area contributed by atoms with E-state index in [0.717, 1.165) is 83.7 Å². The van der Waals surface area contributed by atoms with E-state index in [1.54, 1.807) is 4.90 Å². The summed E-state index contributed by atoms with van der Waals surface area (Å²) in [5, 5.41) is 28.1. The molecular formula is C41H68N6O3. The first kappa shape index (κ1) is 37.5. The highest BCUT2D eigenvalue weighted by atomic mass is 16.3. The van der Waals surface area contributed by atoms with Crippen LogP contribution in [0.2, 0.25) is 0 Å². The summed E-state index contributed by atoms with van der Waals surface area (Å²) in [6.45, 7) is 20.8. The molecule has 3 N–H and O–H groups in total. The maximum atomic E-state index is 14.4. The smallest absolute Gasteiger partial charge is 0.230 e. The molecule has 0 saturated heterocycles. The Labute approximate surface area is 302 Å². The van der Waals surface area contributed by atoms with Gasteiger partial charge < -0.3 is 15.3 Å². The zero-order valence-electron chi connectivity index (χ0n) is 32.5. The van der Waals surface area contributed by atoms with Crippen LogP contribution < -0.4 is 5.32 Å². The average Bonchev–Trinajstić information content (AvgIpc) is 3.73. The molecule has 0 aliphatic heterocycles. The van der Waals surface area contributed by atoms with Crippen LogP contribution in [0.15, 0.2) is 12.2 Å². The standard InChI is InChI=1S/C41H68N6O3/c1-27(2)28-16-21-41(36(50)42-24-12-10-9-11-13-25-47(8)34(49)26-33-43-45-46-44-33)23-22-39(6)29(35(28)41)14-15-31-38(5)19-18-32(48)37(3,4)30(38)17-20-40(31,39)7/h28-32,35,48H,1,9-26H2,2-8H3,(H,42,50)(H,43,44,45,46)/t28-,29+,30-,31?,32-,35+,38-,39+,40+,41-/m0/s1. The van der Waals surface area contributed by atoms with Crippen molar-refractivity contribution in [3.8, 4) is 0 Å². The van der Waals surface area contributed by atoms with Crippen molar-refractivity contribution in [3.05, 3.63) is 18.0 Å². The maximum absolute atomic E-state index is 14.4. The number of unbranched alkanes of at least 4 members (excludes halogenated alkanes) is 4. The number of amides is 2. The number of aromatic nitrogens is 4. The number of aliphatic hydroxyl groups excluding tert-OH is 1. The van der Waals surface area contributed by atoms with E-state index in [0.29, 0.717) is 41.3 Å². The molecule has 1 unspecified atom stereocenters. The lowest BCUT2D eigenvalue weighted by molar-refractivity contribution is -0.246. The fourth-order valence-electron chi connectivity index (χ4n) is 13.6. The number of nitrogens with one attached hydrogen (secondary N) is 2. The Balaban J connectivity index is 1.06. The SMILES string of the molecule is C=C(C)[C@@H]1CC[C@]2(C(=O)NCCCCCCCN(C)C(=O)Cc3nnn[nH]3)CC[C@]3(C)[C@H](CCC4[C@@]5(C)CC[C@H](O)C(C)(C)[C@@H]5CC[C@]43C)[C@@H]12. The lowest BCUT2D eigenvalue weighted by atomic mass is 9.32. The Bertz CT molecular complexity index is 1400. The number of hydrogen-bond acceptors (Lipinski definition) is 6. The van der Waals surface area contributed by atoms with Crippen molar-refractivity contribution in [2.75, 3.05) is 20.1 Å². The second kappa shape index (κ2) is 13.9. The minimum atomic E-state index is -0.270. The van der Waals surface area contributed by atoms with Crippen LogP contribution >= 0.6 is 0 Å². The summed E-state index contributed by atoms with van der Waals surface area (Å²) in [4.78, 5) is 28.6. The van der Waals surface area contributed by atoms with Crippen molar-refractivity contribution in [3.63, 3.8) is 0 Å². The van der Waals surface area contributed by atoms with E-state index >= 15 is 0 Å². The van der Waals surface area contributed by atoms with Gasteiger partial charge in [-0.15, -0.1) is 5.10 Å². The van der Waals surface area contributed by atoms with Gasteiger partial charge in [0.15, 0.2) is 5.82 Å². The monoisotopic (exact) mass is 693 g/mol. The third-order valence-corrected chi connectivity index (χ3v) is 16.6. The molecule has 1 heterocycles. The number of carbonyl (C=O) groups is 2. The molecule has 280 valence electrons. The molecule has 0 radical (unpaired) electrons. The third-order valence-electron chi connectivity index (χ3n) is 16.6. The van der Waals surface area contributed by atoms with E-state index in [-0.39, 0.29) is 45.5 Å². The molecule has 1 aromatic heterocycles. The predicted octanol–water partition coefficient (Wildman–Crippen LogP) is 7.29. The number of carbonyl (C=O) groups excluding carboxylic acids is 2. The van der Waals surface area contributed by atoms with E-state index in [1.165, 1.54) is 31.3 Å². The molecule has 1 aromatic rings. The molecule has 0 aromatic carbocycles. The van der Waals surface area contributed by atoms with E-state index in [9.17, 15) is 14.7 Å². The molecule has 9 nitrogen and oxygen atoms in total. The second-order valence-electron chi connectivity index (χ2n) is 19.1. The summed E-state index contributed by atoms with van der Waals surface area (Å²) in [5.74, 6) is 3.43. The Morgan fingerprint density at radius 2 is 1.64 bits per heavy atom. The number of likely N-dealkylation sites (N-methyl/N-ethyl adjacent to an activating group) is 1. The van der Waals surface area contributed by atoms with Gasteiger partial charge in [0.1, 0.15) is 0 Å². The number of nitrogens with zero attached hydrogens (tertiary/aromatic N) is 4. The zero-order chi connectivity index (χ0) is 36.1. The highest BCUT2D eigenvalue weighted by molar-refractivity contribution is 5.84. The molecule has 9 heteroatoms. The van der Waals surface area contributed by atoms with Crippen LogP contribution in [0.25, 0.3) is 0 Å². The molecule has 5 fully saturated rings. The van der Waals surface area contributed by atoms with Crippen LogP contribution in [0, 0.1) is 56.7 Å².